The van der Waals surface area contributed by atoms with Gasteiger partial charge in [-0.2, -0.15) is 0 Å². The van der Waals surface area contributed by atoms with Crippen molar-refractivity contribution >= 4 is 19.7 Å². The van der Waals surface area contributed by atoms with Gasteiger partial charge in [-0.25, -0.2) is 8.42 Å². The van der Waals surface area contributed by atoms with Gasteiger partial charge in [0.15, 0.2) is 0 Å². The first-order valence-corrected chi connectivity index (χ1v) is 7.87. The number of nitrogens with two attached hydrogens (primary N) is 1. The van der Waals surface area contributed by atoms with Crippen molar-refractivity contribution in [1.29, 1.82) is 0 Å². The average molecular weight is 296 g/mol. The van der Waals surface area contributed by atoms with E-state index in [1.54, 1.807) is 32.0 Å². The molecule has 1 aromatic carbocycles. The molecule has 4 nitrogen and oxygen atoms in total. The minimum atomic E-state index is -3.53. The zero-order valence-electron chi connectivity index (χ0n) is 11.2. The number of aliphatic hydroxyl groups is 1. The van der Waals surface area contributed by atoms with Gasteiger partial charge in [0, 0.05) is 16.2 Å². The molecule has 0 aliphatic rings. The van der Waals surface area contributed by atoms with Gasteiger partial charge in [0.05, 0.1) is 11.5 Å². The van der Waals surface area contributed by atoms with Gasteiger partial charge in [-0.1, -0.05) is 32.0 Å². The van der Waals surface area contributed by atoms with Crippen LogP contribution in [0.5, 0.6) is 0 Å². The normalized spacial score (nSPS) is 10.6. The minimum Gasteiger partial charge on any atom is -0.394 e. The maximum Gasteiger partial charge on any atom is 0.261 e. The summed E-state index contributed by atoms with van der Waals surface area (Å²) in [5, 5.41) is 8.28. The molecule has 0 heterocycles. The molecule has 6 heteroatoms. The summed E-state index contributed by atoms with van der Waals surface area (Å²) in [6.45, 7) is 7.59. The van der Waals surface area contributed by atoms with Crippen molar-refractivity contribution < 1.29 is 13.5 Å². The average Bonchev–Trinajstić information content (AvgIpc) is 2.32. The molecule has 106 valence electrons. The summed E-state index contributed by atoms with van der Waals surface area (Å²) < 4.78 is 21.2. The number of benzene rings is 1. The van der Waals surface area contributed by atoms with Crippen LogP contribution >= 0.6 is 10.7 Å². The Labute approximate surface area is 114 Å². The van der Waals surface area contributed by atoms with Crippen molar-refractivity contribution in [3.63, 3.8) is 0 Å². The largest absolute Gasteiger partial charge is 0.394 e. The molecule has 0 radical (unpaired) electrons. The van der Waals surface area contributed by atoms with E-state index in [4.69, 9.17) is 21.5 Å². The van der Waals surface area contributed by atoms with Gasteiger partial charge in [0.2, 0.25) is 0 Å². The molecule has 0 unspecified atom stereocenters. The Bertz CT molecular complexity index is 399. The summed E-state index contributed by atoms with van der Waals surface area (Å²) in [4.78, 5) is 0.136. The molecule has 0 saturated heterocycles. The number of hydrogen-bond donors (Lipinski definition) is 2. The van der Waals surface area contributed by atoms with Crippen molar-refractivity contribution in [2.75, 3.05) is 6.61 Å². The second-order valence-electron chi connectivity index (χ2n) is 3.90. The molecular formula is C12H22ClNO3S. The highest BCUT2D eigenvalue weighted by Crippen LogP contribution is 2.12. The Morgan fingerprint density at radius 1 is 1.22 bits per heavy atom. The third kappa shape index (κ3) is 11.9. The predicted molar refractivity (Wildman–Crippen MR) is 76.2 cm³/mol. The fourth-order valence-corrected chi connectivity index (χ4v) is 1.37. The van der Waals surface area contributed by atoms with E-state index in [0.717, 1.165) is 0 Å². The first-order chi connectivity index (χ1) is 8.17. The van der Waals surface area contributed by atoms with E-state index in [2.05, 4.69) is 0 Å². The third-order valence-electron chi connectivity index (χ3n) is 1.43. The molecule has 0 atom stereocenters. The topological polar surface area (TPSA) is 80.4 Å². The number of aliphatic hydroxyl groups excluding tert-OH is 1. The number of rotatable bonds is 2. The van der Waals surface area contributed by atoms with Gasteiger partial charge in [-0.05, 0) is 26.0 Å². The third-order valence-corrected chi connectivity index (χ3v) is 2.80. The van der Waals surface area contributed by atoms with Crippen LogP contribution in [-0.2, 0) is 9.05 Å². The molecule has 0 saturated carbocycles. The molecule has 0 aliphatic heterocycles. The highest BCUT2D eigenvalue weighted by molar-refractivity contribution is 8.13. The van der Waals surface area contributed by atoms with Crippen LogP contribution in [0.3, 0.4) is 0 Å². The predicted octanol–water partition coefficient (Wildman–Crippen LogP) is 2.36. The minimum absolute atomic E-state index is 0.0486. The lowest BCUT2D eigenvalue weighted by Gasteiger charge is -2.12. The summed E-state index contributed by atoms with van der Waals surface area (Å²) in [5.74, 6) is 0. The maximum atomic E-state index is 10.6. The summed E-state index contributed by atoms with van der Waals surface area (Å²) in [6.07, 6.45) is 0. The van der Waals surface area contributed by atoms with Gasteiger partial charge in [0.25, 0.3) is 9.05 Å². The van der Waals surface area contributed by atoms with Gasteiger partial charge >= 0.3 is 0 Å². The Kier molecular flexibility index (Phi) is 10.2. The lowest BCUT2D eigenvalue weighted by atomic mass is 10.1. The monoisotopic (exact) mass is 295 g/mol. The van der Waals surface area contributed by atoms with Crippen molar-refractivity contribution in [2.24, 2.45) is 5.73 Å². The highest BCUT2D eigenvalue weighted by Gasteiger charge is 2.06. The standard InChI is InChI=1S/C6H5ClO2S.C4H11NO.C2H6/c7-10(8,9)6-4-2-1-3-5-6;1-4(2,5)3-6;1-2/h1-5H;6H,3,5H2,1-2H3;1-2H3. The SMILES string of the molecule is CC.CC(C)(N)CO.O=S(=O)(Cl)c1ccccc1. The van der Waals surface area contributed by atoms with Crippen LogP contribution < -0.4 is 5.73 Å². The Morgan fingerprint density at radius 3 is 1.72 bits per heavy atom. The van der Waals surface area contributed by atoms with Crippen molar-refractivity contribution in [3.05, 3.63) is 30.3 Å². The van der Waals surface area contributed by atoms with Gasteiger partial charge in [-0.15, -0.1) is 0 Å². The zero-order valence-corrected chi connectivity index (χ0v) is 12.8. The van der Waals surface area contributed by atoms with Crippen LogP contribution in [0.15, 0.2) is 35.2 Å². The molecular weight excluding hydrogens is 274 g/mol. The quantitative estimate of drug-likeness (QED) is 0.821. The molecule has 0 bridgehead atoms. The van der Waals surface area contributed by atoms with Crippen LogP contribution in [0.2, 0.25) is 0 Å². The molecule has 1 aromatic rings. The van der Waals surface area contributed by atoms with E-state index in [-0.39, 0.29) is 11.5 Å². The van der Waals surface area contributed by atoms with Crippen molar-refractivity contribution in [3.8, 4) is 0 Å². The van der Waals surface area contributed by atoms with E-state index in [1.807, 2.05) is 13.8 Å². The van der Waals surface area contributed by atoms with E-state index in [1.165, 1.54) is 12.1 Å². The Hall–Kier alpha value is -0.620. The smallest absolute Gasteiger partial charge is 0.261 e. The summed E-state index contributed by atoms with van der Waals surface area (Å²) >= 11 is 0. The first kappa shape index (κ1) is 19.7. The molecule has 0 fully saturated rings. The molecule has 0 spiro atoms. The highest BCUT2D eigenvalue weighted by atomic mass is 35.7. The van der Waals surface area contributed by atoms with Crippen LogP contribution in [0.25, 0.3) is 0 Å². The van der Waals surface area contributed by atoms with Crippen molar-refractivity contribution in [1.82, 2.24) is 0 Å². The molecule has 0 aromatic heterocycles. The second kappa shape index (κ2) is 9.33. The van der Waals surface area contributed by atoms with Crippen LogP contribution in [-0.4, -0.2) is 25.7 Å². The lowest BCUT2D eigenvalue weighted by Crippen LogP contribution is -2.35. The van der Waals surface area contributed by atoms with Crippen LogP contribution in [0.1, 0.15) is 27.7 Å². The Morgan fingerprint density at radius 2 is 1.56 bits per heavy atom. The lowest BCUT2D eigenvalue weighted by molar-refractivity contribution is 0.221. The molecule has 1 rings (SSSR count). The maximum absolute atomic E-state index is 10.6. The van der Waals surface area contributed by atoms with Gasteiger partial charge in [0.1, 0.15) is 0 Å². The van der Waals surface area contributed by atoms with Crippen molar-refractivity contribution in [2.45, 2.75) is 38.1 Å². The summed E-state index contributed by atoms with van der Waals surface area (Å²) in [7, 11) is 1.50. The molecule has 0 amide bonds. The second-order valence-corrected chi connectivity index (χ2v) is 6.46. The number of hydrogen-bond acceptors (Lipinski definition) is 4. The van der Waals surface area contributed by atoms with E-state index < -0.39 is 14.6 Å². The summed E-state index contributed by atoms with van der Waals surface area (Å²) in [5.41, 5.74) is 4.88. The first-order valence-electron chi connectivity index (χ1n) is 5.56. The molecule has 18 heavy (non-hydrogen) atoms. The fraction of sp³-hybridized carbons (Fsp3) is 0.500. The van der Waals surface area contributed by atoms with Gasteiger partial charge in [-0.3, -0.25) is 0 Å². The fourth-order valence-electron chi connectivity index (χ4n) is 0.583. The van der Waals surface area contributed by atoms with Gasteiger partial charge < -0.3 is 10.8 Å². The zero-order chi connectivity index (χ0) is 14.8. The van der Waals surface area contributed by atoms with E-state index >= 15 is 0 Å². The van der Waals surface area contributed by atoms with E-state index in [9.17, 15) is 8.42 Å². The Balaban J connectivity index is 0. The van der Waals surface area contributed by atoms with Crippen LogP contribution in [0, 0.1) is 0 Å². The van der Waals surface area contributed by atoms with E-state index in [0.29, 0.717) is 0 Å². The molecule has 0 aliphatic carbocycles. The summed E-state index contributed by atoms with van der Waals surface area (Å²) in [6, 6.07) is 7.86. The van der Waals surface area contributed by atoms with Crippen LogP contribution in [0.4, 0.5) is 0 Å². The molecule has 3 N–H and O–H groups in total. The number of halogens is 1.